The molecular weight excluding hydrogens is 314 g/mol. The van der Waals surface area contributed by atoms with Gasteiger partial charge >= 0.3 is 5.97 Å². The van der Waals surface area contributed by atoms with Gasteiger partial charge in [0.2, 0.25) is 0 Å². The Bertz CT molecular complexity index is 634. The first-order valence-corrected chi connectivity index (χ1v) is 7.12. The molecule has 1 amide bonds. The van der Waals surface area contributed by atoms with Crippen LogP contribution >= 0.6 is 0 Å². The Morgan fingerprint density at radius 2 is 1.96 bits per heavy atom. The smallest absolute Gasteiger partial charge is 0.325 e. The van der Waals surface area contributed by atoms with Gasteiger partial charge in [-0.1, -0.05) is 0 Å². The van der Waals surface area contributed by atoms with Crippen LogP contribution in [0.25, 0.3) is 0 Å². The Kier molecular flexibility index (Phi) is 7.64. The quantitative estimate of drug-likeness (QED) is 0.345. The number of methoxy groups -OCH3 is 1. The van der Waals surface area contributed by atoms with Gasteiger partial charge in [-0.15, -0.1) is 0 Å². The number of amides is 1. The predicted octanol–water partition coefficient (Wildman–Crippen LogP) is 0.660. The Morgan fingerprint density at radius 1 is 1.33 bits per heavy atom. The number of nitriles is 1. The molecule has 0 saturated heterocycles. The van der Waals surface area contributed by atoms with E-state index in [0.717, 1.165) is 5.75 Å². The number of carbonyl (C=O) groups excluding carboxylic acids is 1. The summed E-state index contributed by atoms with van der Waals surface area (Å²) in [5, 5.41) is 22.6. The molecule has 1 rings (SSSR count). The van der Waals surface area contributed by atoms with Crippen molar-refractivity contribution in [2.24, 2.45) is 0 Å². The summed E-state index contributed by atoms with van der Waals surface area (Å²) in [6, 6.07) is 7.69. The highest BCUT2D eigenvalue weighted by Crippen LogP contribution is 2.16. The number of carbonyl (C=O) groups is 2. The van der Waals surface area contributed by atoms with Crippen molar-refractivity contribution < 1.29 is 24.2 Å². The fourth-order valence-corrected chi connectivity index (χ4v) is 1.56. The highest BCUT2D eigenvalue weighted by Gasteiger charge is 2.16. The normalized spacial score (nSPS) is 11.8. The molecule has 0 aliphatic carbocycles. The van der Waals surface area contributed by atoms with Gasteiger partial charge in [-0.2, -0.15) is 5.26 Å². The monoisotopic (exact) mass is 333 g/mol. The summed E-state index contributed by atoms with van der Waals surface area (Å²) in [6.45, 7) is 1.99. The van der Waals surface area contributed by atoms with Crippen LogP contribution < -0.4 is 20.1 Å². The number of nitrogens with one attached hydrogen (secondary N) is 2. The van der Waals surface area contributed by atoms with Gasteiger partial charge in [0.1, 0.15) is 35.8 Å². The lowest BCUT2D eigenvalue weighted by molar-refractivity contribution is -0.140. The van der Waals surface area contributed by atoms with Crippen LogP contribution in [0, 0.1) is 11.3 Å². The molecule has 0 aliphatic heterocycles. The first kappa shape index (κ1) is 18.8. The number of hydrogen-bond acceptors (Lipinski definition) is 6. The van der Waals surface area contributed by atoms with Crippen LogP contribution in [0.2, 0.25) is 0 Å². The first-order chi connectivity index (χ1) is 11.5. The third kappa shape index (κ3) is 6.27. The summed E-state index contributed by atoms with van der Waals surface area (Å²) in [5.74, 6) is -0.545. The van der Waals surface area contributed by atoms with Crippen LogP contribution in [0.3, 0.4) is 0 Å². The molecule has 1 aromatic carbocycles. The van der Waals surface area contributed by atoms with Crippen LogP contribution in [0.15, 0.2) is 36.0 Å². The van der Waals surface area contributed by atoms with Crippen LogP contribution in [-0.2, 0) is 9.59 Å². The minimum absolute atomic E-state index is 0.215. The maximum absolute atomic E-state index is 11.7. The number of carboxylic acids is 1. The number of nitrogens with zero attached hydrogens (tertiary/aromatic N) is 1. The van der Waals surface area contributed by atoms with E-state index in [1.54, 1.807) is 37.4 Å². The predicted molar refractivity (Wildman–Crippen MR) is 85.4 cm³/mol. The first-order valence-electron chi connectivity index (χ1n) is 7.12. The lowest BCUT2D eigenvalue weighted by Crippen LogP contribution is -2.39. The molecule has 0 aliphatic rings. The Labute approximate surface area is 139 Å². The van der Waals surface area contributed by atoms with Gasteiger partial charge in [-0.25, -0.2) is 0 Å². The topological polar surface area (TPSA) is 121 Å². The van der Waals surface area contributed by atoms with Crippen molar-refractivity contribution in [1.29, 1.82) is 5.26 Å². The number of benzene rings is 1. The van der Waals surface area contributed by atoms with E-state index in [9.17, 15) is 9.59 Å². The molecule has 8 heteroatoms. The zero-order chi connectivity index (χ0) is 17.9. The average molecular weight is 333 g/mol. The summed E-state index contributed by atoms with van der Waals surface area (Å²) in [7, 11) is 1.58. The van der Waals surface area contributed by atoms with Crippen molar-refractivity contribution in [2.75, 3.05) is 20.3 Å². The van der Waals surface area contributed by atoms with Crippen molar-refractivity contribution in [3.63, 3.8) is 0 Å². The van der Waals surface area contributed by atoms with Crippen LogP contribution in [-0.4, -0.2) is 43.3 Å². The van der Waals surface area contributed by atoms with Crippen molar-refractivity contribution in [3.8, 4) is 17.6 Å². The van der Waals surface area contributed by atoms with E-state index in [-0.39, 0.29) is 5.57 Å². The summed E-state index contributed by atoms with van der Waals surface area (Å²) in [6.07, 6.45) is 1.22. The molecule has 0 radical (unpaired) electrons. The molecule has 128 valence electrons. The van der Waals surface area contributed by atoms with E-state index in [1.807, 2.05) is 0 Å². The molecular formula is C16H19N3O5. The maximum atomic E-state index is 11.7. The summed E-state index contributed by atoms with van der Waals surface area (Å²) in [5.41, 5.74) is -0.215. The van der Waals surface area contributed by atoms with Gasteiger partial charge in [0.25, 0.3) is 5.91 Å². The molecule has 0 fully saturated rings. The standard InChI is InChI=1S/C16H19N3O5/c1-11(16(21)22)19-15(20)12(9-17)10-18-7-8-24-14-5-3-13(23-2)4-6-14/h3-6,10-11,18H,7-8H2,1-2H3,(H,19,20)(H,21,22)/b12-10-. The fraction of sp³-hybridized carbons (Fsp3) is 0.312. The van der Waals surface area contributed by atoms with Gasteiger partial charge in [-0.05, 0) is 31.2 Å². The van der Waals surface area contributed by atoms with Gasteiger partial charge in [0, 0.05) is 12.7 Å². The van der Waals surface area contributed by atoms with Crippen molar-refractivity contribution >= 4 is 11.9 Å². The van der Waals surface area contributed by atoms with Crippen LogP contribution in [0.4, 0.5) is 0 Å². The Morgan fingerprint density at radius 3 is 2.50 bits per heavy atom. The maximum Gasteiger partial charge on any atom is 0.325 e. The van der Waals surface area contributed by atoms with Crippen LogP contribution in [0.5, 0.6) is 11.5 Å². The molecule has 0 saturated carbocycles. The molecule has 0 aromatic heterocycles. The second-order valence-electron chi connectivity index (χ2n) is 4.68. The SMILES string of the molecule is COc1ccc(OCCN/C=C(/C#N)C(=O)NC(C)C(=O)O)cc1. The van der Waals surface area contributed by atoms with Crippen molar-refractivity contribution in [3.05, 3.63) is 36.0 Å². The molecule has 0 spiro atoms. The fourth-order valence-electron chi connectivity index (χ4n) is 1.56. The summed E-state index contributed by atoms with van der Waals surface area (Å²) in [4.78, 5) is 22.3. The largest absolute Gasteiger partial charge is 0.497 e. The summed E-state index contributed by atoms with van der Waals surface area (Å²) < 4.78 is 10.5. The Hall–Kier alpha value is -3.21. The van der Waals surface area contributed by atoms with E-state index in [2.05, 4.69) is 10.6 Å². The number of carboxylic acid groups (broad SMARTS) is 1. The van der Waals surface area contributed by atoms with Crippen LogP contribution in [0.1, 0.15) is 6.92 Å². The highest BCUT2D eigenvalue weighted by atomic mass is 16.5. The molecule has 1 aromatic rings. The lowest BCUT2D eigenvalue weighted by Gasteiger charge is -2.09. The van der Waals surface area contributed by atoms with Gasteiger partial charge in [-0.3, -0.25) is 9.59 Å². The van der Waals surface area contributed by atoms with Gasteiger partial charge in [0.15, 0.2) is 0 Å². The van der Waals surface area contributed by atoms with Crippen molar-refractivity contribution in [2.45, 2.75) is 13.0 Å². The third-order valence-electron chi connectivity index (χ3n) is 2.90. The number of hydrogen-bond donors (Lipinski definition) is 3. The van der Waals surface area contributed by atoms with Gasteiger partial charge in [0.05, 0.1) is 7.11 Å². The molecule has 24 heavy (non-hydrogen) atoms. The molecule has 1 atom stereocenters. The average Bonchev–Trinajstić information content (AvgIpc) is 2.58. The lowest BCUT2D eigenvalue weighted by atomic mass is 10.2. The number of ether oxygens (including phenoxy) is 2. The van der Waals surface area contributed by atoms with E-state index >= 15 is 0 Å². The van der Waals surface area contributed by atoms with E-state index in [1.165, 1.54) is 13.1 Å². The third-order valence-corrected chi connectivity index (χ3v) is 2.90. The minimum atomic E-state index is -1.18. The van der Waals surface area contributed by atoms with Gasteiger partial charge < -0.3 is 25.2 Å². The Balaban J connectivity index is 2.39. The zero-order valence-corrected chi connectivity index (χ0v) is 13.4. The minimum Gasteiger partial charge on any atom is -0.497 e. The summed E-state index contributed by atoms with van der Waals surface area (Å²) >= 11 is 0. The van der Waals surface area contributed by atoms with E-state index in [0.29, 0.717) is 18.9 Å². The van der Waals surface area contributed by atoms with Crippen molar-refractivity contribution in [1.82, 2.24) is 10.6 Å². The second-order valence-corrected chi connectivity index (χ2v) is 4.68. The number of rotatable bonds is 9. The molecule has 3 N–H and O–H groups in total. The van der Waals surface area contributed by atoms with E-state index in [4.69, 9.17) is 19.8 Å². The molecule has 0 heterocycles. The molecule has 0 bridgehead atoms. The number of aliphatic carboxylic acids is 1. The second kappa shape index (κ2) is 9.74. The highest BCUT2D eigenvalue weighted by molar-refractivity contribution is 5.99. The zero-order valence-electron chi connectivity index (χ0n) is 13.4. The van der Waals surface area contributed by atoms with E-state index < -0.39 is 17.9 Å². The molecule has 8 nitrogen and oxygen atoms in total. The molecule has 1 unspecified atom stereocenters.